The maximum absolute atomic E-state index is 12.4. The molecule has 4 unspecified atom stereocenters. The van der Waals surface area contributed by atoms with E-state index < -0.39 is 0 Å². The van der Waals surface area contributed by atoms with E-state index in [4.69, 9.17) is 4.42 Å². The lowest BCUT2D eigenvalue weighted by molar-refractivity contribution is -0.00274. The van der Waals surface area contributed by atoms with Crippen molar-refractivity contribution >= 4 is 11.0 Å². The molecule has 2 aromatic rings. The third-order valence-electron chi connectivity index (χ3n) is 8.72. The maximum atomic E-state index is 12.4. The molecule has 4 aliphatic rings. The van der Waals surface area contributed by atoms with Crippen molar-refractivity contribution in [1.29, 1.82) is 0 Å². The molecule has 1 N–H and O–H groups in total. The highest BCUT2D eigenvalue weighted by Crippen LogP contribution is 2.45. The van der Waals surface area contributed by atoms with Crippen LogP contribution < -0.4 is 5.63 Å². The largest absolute Gasteiger partial charge is 0.507 e. The number of benzene rings is 1. The minimum Gasteiger partial charge on any atom is -0.507 e. The Bertz CT molecular complexity index is 1140. The van der Waals surface area contributed by atoms with Crippen LogP contribution in [0, 0.1) is 11.8 Å². The second kappa shape index (κ2) is 8.59. The van der Waals surface area contributed by atoms with Gasteiger partial charge in [-0.1, -0.05) is 31.4 Å². The molecule has 5 heteroatoms. The van der Waals surface area contributed by atoms with Gasteiger partial charge in [0.1, 0.15) is 11.3 Å². The SMILES string of the molecule is CCCc1cc(=O)oc2c(CN3CCCC4=CC5CC(CN6CCCCC56)C43)c(O)ccc12. The fraction of sp³-hybridized carbons (Fsp3) is 0.607. The lowest BCUT2D eigenvalue weighted by Gasteiger charge is -2.54. The maximum Gasteiger partial charge on any atom is 0.336 e. The monoisotopic (exact) mass is 448 g/mol. The van der Waals surface area contributed by atoms with Crippen LogP contribution in [0.25, 0.3) is 11.0 Å². The quantitative estimate of drug-likeness (QED) is 0.535. The number of aromatic hydroxyl groups is 1. The van der Waals surface area contributed by atoms with Crippen molar-refractivity contribution in [1.82, 2.24) is 9.80 Å². The van der Waals surface area contributed by atoms with Crippen molar-refractivity contribution < 1.29 is 9.52 Å². The first-order valence-electron chi connectivity index (χ1n) is 13.1. The molecule has 1 aliphatic carbocycles. The molecule has 1 aromatic carbocycles. The zero-order valence-electron chi connectivity index (χ0n) is 19.8. The molecule has 0 radical (unpaired) electrons. The summed E-state index contributed by atoms with van der Waals surface area (Å²) in [5.41, 5.74) is 3.68. The molecule has 2 bridgehead atoms. The molecule has 6 rings (SSSR count). The standard InChI is InChI=1S/C28H36N2O3/c1-2-6-18-15-26(32)33-28-22(18)9-10-25(31)23(28)17-30-12-5-7-19-13-20-14-21(27(19)30)16-29-11-4-3-8-24(20)29/h9-10,13,15,20-21,24,27,31H,2-8,11-12,14,16-17H2,1H3. The first-order chi connectivity index (χ1) is 16.1. The molecule has 5 nitrogen and oxygen atoms in total. The number of phenols is 1. The predicted molar refractivity (Wildman–Crippen MR) is 130 cm³/mol. The fourth-order valence-electron chi connectivity index (χ4n) is 7.43. The molecule has 3 fully saturated rings. The van der Waals surface area contributed by atoms with E-state index in [0.717, 1.165) is 54.3 Å². The summed E-state index contributed by atoms with van der Waals surface area (Å²) in [4.78, 5) is 17.7. The molecule has 3 saturated heterocycles. The highest BCUT2D eigenvalue weighted by atomic mass is 16.4. The van der Waals surface area contributed by atoms with Crippen molar-refractivity contribution in [2.24, 2.45) is 11.8 Å². The Morgan fingerprint density at radius 3 is 2.97 bits per heavy atom. The zero-order chi connectivity index (χ0) is 22.5. The molecule has 0 amide bonds. The van der Waals surface area contributed by atoms with E-state index in [9.17, 15) is 9.90 Å². The zero-order valence-corrected chi connectivity index (χ0v) is 19.8. The Balaban J connectivity index is 1.36. The van der Waals surface area contributed by atoms with Gasteiger partial charge in [0.05, 0.1) is 5.56 Å². The van der Waals surface area contributed by atoms with Crippen LogP contribution >= 0.6 is 0 Å². The summed E-state index contributed by atoms with van der Waals surface area (Å²) in [6.45, 7) is 6.24. The topological polar surface area (TPSA) is 56.9 Å². The molecule has 33 heavy (non-hydrogen) atoms. The number of hydrogen-bond acceptors (Lipinski definition) is 5. The van der Waals surface area contributed by atoms with Gasteiger partial charge in [0, 0.05) is 36.6 Å². The predicted octanol–water partition coefficient (Wildman–Crippen LogP) is 4.85. The van der Waals surface area contributed by atoms with Gasteiger partial charge in [0.2, 0.25) is 0 Å². The van der Waals surface area contributed by atoms with Crippen LogP contribution in [-0.2, 0) is 13.0 Å². The molecular formula is C28H36N2O3. The number of rotatable bonds is 4. The summed E-state index contributed by atoms with van der Waals surface area (Å²) < 4.78 is 5.73. The fourth-order valence-corrected chi connectivity index (χ4v) is 7.43. The number of nitrogens with zero attached hydrogens (tertiary/aromatic N) is 2. The smallest absolute Gasteiger partial charge is 0.336 e. The molecule has 1 aromatic heterocycles. The van der Waals surface area contributed by atoms with Crippen molar-refractivity contribution in [3.8, 4) is 5.75 Å². The lowest BCUT2D eigenvalue weighted by Crippen LogP contribution is -2.59. The molecule has 4 atom stereocenters. The number of hydrogen-bond donors (Lipinski definition) is 1. The van der Waals surface area contributed by atoms with Crippen molar-refractivity contribution in [3.63, 3.8) is 0 Å². The minimum absolute atomic E-state index is 0.240. The summed E-state index contributed by atoms with van der Waals surface area (Å²) in [6, 6.07) is 6.51. The average molecular weight is 449 g/mol. The summed E-state index contributed by atoms with van der Waals surface area (Å²) in [6.07, 6.45) is 12.2. The van der Waals surface area contributed by atoms with E-state index in [1.54, 1.807) is 17.7 Å². The third-order valence-corrected chi connectivity index (χ3v) is 8.72. The van der Waals surface area contributed by atoms with Gasteiger partial charge in [-0.05, 0) is 81.1 Å². The molecule has 176 valence electrons. The second-order valence-electron chi connectivity index (χ2n) is 10.8. The first kappa shape index (κ1) is 21.4. The Hall–Kier alpha value is -2.11. The normalized spacial score (nSPS) is 30.0. The summed E-state index contributed by atoms with van der Waals surface area (Å²) >= 11 is 0. The number of fused-ring (bicyclic) bond motifs is 7. The van der Waals surface area contributed by atoms with Crippen LogP contribution in [0.3, 0.4) is 0 Å². The average Bonchev–Trinajstić information content (AvgIpc) is 2.81. The Morgan fingerprint density at radius 1 is 1.18 bits per heavy atom. The third kappa shape index (κ3) is 3.74. The van der Waals surface area contributed by atoms with Crippen LogP contribution in [0.15, 0.2) is 39.1 Å². The van der Waals surface area contributed by atoms with E-state index in [-0.39, 0.29) is 11.4 Å². The molecular weight excluding hydrogens is 412 g/mol. The van der Waals surface area contributed by atoms with Crippen molar-refractivity contribution in [2.75, 3.05) is 19.6 Å². The Labute approximate surface area is 196 Å². The summed E-state index contributed by atoms with van der Waals surface area (Å²) in [5, 5.41) is 11.8. The van der Waals surface area contributed by atoms with E-state index in [0.29, 0.717) is 24.1 Å². The molecule has 0 saturated carbocycles. The van der Waals surface area contributed by atoms with Gasteiger partial charge in [-0.3, -0.25) is 9.80 Å². The van der Waals surface area contributed by atoms with Gasteiger partial charge in [0.15, 0.2) is 0 Å². The Kier molecular flexibility index (Phi) is 5.58. The molecule has 3 aliphatic heterocycles. The van der Waals surface area contributed by atoms with E-state index >= 15 is 0 Å². The van der Waals surface area contributed by atoms with Crippen LogP contribution in [-0.4, -0.2) is 46.6 Å². The molecule has 0 spiro atoms. The van der Waals surface area contributed by atoms with Gasteiger partial charge >= 0.3 is 5.63 Å². The van der Waals surface area contributed by atoms with Gasteiger partial charge < -0.3 is 9.52 Å². The van der Waals surface area contributed by atoms with Gasteiger partial charge in [-0.25, -0.2) is 4.79 Å². The lowest BCUT2D eigenvalue weighted by atomic mass is 9.68. The highest BCUT2D eigenvalue weighted by molar-refractivity contribution is 5.85. The van der Waals surface area contributed by atoms with Crippen LogP contribution in [0.4, 0.5) is 0 Å². The molecule has 4 heterocycles. The van der Waals surface area contributed by atoms with Crippen molar-refractivity contribution in [2.45, 2.75) is 76.9 Å². The van der Waals surface area contributed by atoms with E-state index in [2.05, 4.69) is 22.8 Å². The van der Waals surface area contributed by atoms with E-state index in [1.165, 1.54) is 45.2 Å². The number of likely N-dealkylation sites (tertiary alicyclic amines) is 1. The van der Waals surface area contributed by atoms with Gasteiger partial charge in [0.25, 0.3) is 0 Å². The van der Waals surface area contributed by atoms with E-state index in [1.807, 2.05) is 6.07 Å². The van der Waals surface area contributed by atoms with Crippen LogP contribution in [0.1, 0.15) is 63.0 Å². The first-order valence-corrected chi connectivity index (χ1v) is 13.1. The van der Waals surface area contributed by atoms with Crippen LogP contribution in [0.5, 0.6) is 5.75 Å². The van der Waals surface area contributed by atoms with Gasteiger partial charge in [-0.15, -0.1) is 0 Å². The van der Waals surface area contributed by atoms with Crippen molar-refractivity contribution in [3.05, 3.63) is 51.4 Å². The highest BCUT2D eigenvalue weighted by Gasteiger charge is 2.46. The summed E-state index contributed by atoms with van der Waals surface area (Å²) in [5.74, 6) is 1.61. The van der Waals surface area contributed by atoms with Crippen LogP contribution in [0.2, 0.25) is 0 Å². The summed E-state index contributed by atoms with van der Waals surface area (Å²) in [7, 11) is 0. The number of piperidine rings is 3. The minimum atomic E-state index is -0.319. The number of aryl methyl sites for hydroxylation is 1. The Morgan fingerprint density at radius 2 is 2.09 bits per heavy atom. The second-order valence-corrected chi connectivity index (χ2v) is 10.8. The van der Waals surface area contributed by atoms with Gasteiger partial charge in [-0.2, -0.15) is 0 Å². The number of phenolic OH excluding ortho intramolecular Hbond substituents is 1.